The molecule has 0 radical (unpaired) electrons. The summed E-state index contributed by atoms with van der Waals surface area (Å²) >= 11 is 0. The lowest BCUT2D eigenvalue weighted by atomic mass is 10.0. The highest BCUT2D eigenvalue weighted by molar-refractivity contribution is 5.97. The highest BCUT2D eigenvalue weighted by Gasteiger charge is 2.29. The predicted molar refractivity (Wildman–Crippen MR) is 109 cm³/mol. The molecule has 2 atom stereocenters. The van der Waals surface area contributed by atoms with E-state index in [4.69, 9.17) is 5.73 Å². The highest BCUT2D eigenvalue weighted by atomic mass is 19.4. The van der Waals surface area contributed by atoms with Gasteiger partial charge in [-0.05, 0) is 17.7 Å². The number of carbonyl (C=O) groups excluding carboxylic acids is 1. The molecule has 5 N–H and O–H groups in total. The second kappa shape index (κ2) is 8.75. The van der Waals surface area contributed by atoms with Gasteiger partial charge in [-0.3, -0.25) is 9.48 Å². The minimum atomic E-state index is -4.43. The summed E-state index contributed by atoms with van der Waals surface area (Å²) in [6.45, 7) is -0.573. The molecule has 0 unspecified atom stereocenters. The third-order valence-corrected chi connectivity index (χ3v) is 5.06. The summed E-state index contributed by atoms with van der Waals surface area (Å²) in [6, 6.07) is 3.34. The van der Waals surface area contributed by atoms with Gasteiger partial charge in [0.15, 0.2) is 11.5 Å². The maximum Gasteiger partial charge on any atom is 0.408 e. The van der Waals surface area contributed by atoms with Crippen molar-refractivity contribution in [2.75, 3.05) is 18.8 Å². The molecule has 3 heterocycles. The zero-order valence-corrected chi connectivity index (χ0v) is 17.0. The summed E-state index contributed by atoms with van der Waals surface area (Å²) in [5.74, 6) is -1.54. The highest BCUT2D eigenvalue weighted by Crippen LogP contribution is 2.29. The standard InChI is InChI=1S/C20H19F4N7O2/c21-13-2-1-10(11-4-28-31(8-11)9-20(22,23)24)3-12(13)14-6-27-18(25)17(29-14)19(33)30-15-5-26-7-16(15)32/h1-4,6,8,15-16,26,32H,5,7,9H2,(H2,25,27)(H,30,33)/t15-,16-/m1/s1. The monoisotopic (exact) mass is 465 g/mol. The molecule has 0 bridgehead atoms. The number of nitrogens with two attached hydrogens (primary N) is 1. The summed E-state index contributed by atoms with van der Waals surface area (Å²) in [4.78, 5) is 20.7. The number of hydrogen-bond acceptors (Lipinski definition) is 7. The third kappa shape index (κ3) is 5.09. The van der Waals surface area contributed by atoms with Gasteiger partial charge in [0.1, 0.15) is 12.4 Å². The second-order valence-corrected chi connectivity index (χ2v) is 7.53. The first-order chi connectivity index (χ1) is 15.6. The van der Waals surface area contributed by atoms with Gasteiger partial charge < -0.3 is 21.5 Å². The molecule has 1 amide bonds. The number of aliphatic hydroxyl groups excluding tert-OH is 1. The van der Waals surface area contributed by atoms with Crippen molar-refractivity contribution in [1.82, 2.24) is 30.4 Å². The minimum absolute atomic E-state index is 0.00137. The van der Waals surface area contributed by atoms with Crippen molar-refractivity contribution in [2.24, 2.45) is 0 Å². The number of amides is 1. The first-order valence-corrected chi connectivity index (χ1v) is 9.82. The fourth-order valence-electron chi connectivity index (χ4n) is 3.43. The molecular weight excluding hydrogens is 446 g/mol. The molecule has 4 rings (SSSR count). The smallest absolute Gasteiger partial charge is 0.390 e. The zero-order chi connectivity index (χ0) is 23.8. The lowest BCUT2D eigenvalue weighted by Crippen LogP contribution is -2.43. The van der Waals surface area contributed by atoms with E-state index in [1.165, 1.54) is 30.7 Å². The average Bonchev–Trinajstić information content (AvgIpc) is 3.36. The van der Waals surface area contributed by atoms with E-state index in [9.17, 15) is 27.5 Å². The maximum absolute atomic E-state index is 14.6. The van der Waals surface area contributed by atoms with Crippen LogP contribution in [0.15, 0.2) is 36.8 Å². The summed E-state index contributed by atoms with van der Waals surface area (Å²) in [6.07, 6.45) is -1.60. The van der Waals surface area contributed by atoms with Gasteiger partial charge in [-0.15, -0.1) is 0 Å². The quantitative estimate of drug-likeness (QED) is 0.419. The summed E-state index contributed by atoms with van der Waals surface area (Å²) in [7, 11) is 0. The molecule has 33 heavy (non-hydrogen) atoms. The molecule has 3 aromatic rings. The van der Waals surface area contributed by atoms with Gasteiger partial charge in [0.05, 0.1) is 30.2 Å². The number of carbonyl (C=O) groups is 1. The van der Waals surface area contributed by atoms with Crippen LogP contribution in [0.1, 0.15) is 10.5 Å². The number of rotatable bonds is 5. The molecule has 1 aliphatic rings. The molecule has 0 aliphatic carbocycles. The fraction of sp³-hybridized carbons (Fsp3) is 0.300. The molecule has 1 aromatic carbocycles. The molecule has 1 aliphatic heterocycles. The van der Waals surface area contributed by atoms with Crippen LogP contribution in [0.5, 0.6) is 0 Å². The number of anilines is 1. The Labute approximate surface area is 184 Å². The van der Waals surface area contributed by atoms with Crippen LogP contribution < -0.4 is 16.4 Å². The average molecular weight is 465 g/mol. The number of nitrogens with zero attached hydrogens (tertiary/aromatic N) is 4. The van der Waals surface area contributed by atoms with Crippen LogP contribution in [0, 0.1) is 5.82 Å². The first kappa shape index (κ1) is 22.6. The topological polar surface area (TPSA) is 131 Å². The number of hydrogen-bond donors (Lipinski definition) is 4. The predicted octanol–water partition coefficient (Wildman–Crippen LogP) is 1.35. The van der Waals surface area contributed by atoms with E-state index in [1.54, 1.807) is 0 Å². The molecule has 174 valence electrons. The number of nitrogens with one attached hydrogen (secondary N) is 2. The Kier molecular flexibility index (Phi) is 5.99. The van der Waals surface area contributed by atoms with E-state index in [0.29, 0.717) is 24.2 Å². The largest absolute Gasteiger partial charge is 0.408 e. The number of nitrogen functional groups attached to an aromatic ring is 1. The Balaban J connectivity index is 1.63. The number of aliphatic hydroxyl groups is 1. The normalized spacial score (nSPS) is 18.5. The molecular formula is C20H19F4N7O2. The van der Waals surface area contributed by atoms with Crippen LogP contribution in [0.25, 0.3) is 22.4 Å². The van der Waals surface area contributed by atoms with E-state index in [1.807, 2.05) is 0 Å². The van der Waals surface area contributed by atoms with Crippen LogP contribution in [-0.4, -0.2) is 62.2 Å². The Bertz CT molecular complexity index is 1180. The Morgan fingerprint density at radius 1 is 1.27 bits per heavy atom. The van der Waals surface area contributed by atoms with E-state index in [2.05, 4.69) is 25.7 Å². The molecule has 13 heteroatoms. The lowest BCUT2D eigenvalue weighted by molar-refractivity contribution is -0.142. The van der Waals surface area contributed by atoms with Crippen molar-refractivity contribution < 1.29 is 27.5 Å². The van der Waals surface area contributed by atoms with Crippen LogP contribution in [-0.2, 0) is 6.54 Å². The van der Waals surface area contributed by atoms with Gasteiger partial charge in [0, 0.05) is 30.4 Å². The summed E-state index contributed by atoms with van der Waals surface area (Å²) in [5.41, 5.74) is 6.24. The van der Waals surface area contributed by atoms with Gasteiger partial charge in [0.25, 0.3) is 5.91 Å². The molecule has 2 aromatic heterocycles. The van der Waals surface area contributed by atoms with Crippen LogP contribution in [0.4, 0.5) is 23.4 Å². The summed E-state index contributed by atoms with van der Waals surface area (Å²) < 4.78 is 53.1. The zero-order valence-electron chi connectivity index (χ0n) is 17.0. The number of β-amino-alcohol motifs (C(OH)–C–C–N with tert-alkyl or cyclic N) is 1. The second-order valence-electron chi connectivity index (χ2n) is 7.53. The van der Waals surface area contributed by atoms with Crippen molar-refractivity contribution >= 4 is 11.7 Å². The van der Waals surface area contributed by atoms with E-state index in [-0.39, 0.29) is 22.8 Å². The minimum Gasteiger partial charge on any atom is -0.390 e. The van der Waals surface area contributed by atoms with Gasteiger partial charge in [-0.1, -0.05) is 6.07 Å². The fourth-order valence-corrected chi connectivity index (χ4v) is 3.43. The number of alkyl halides is 3. The van der Waals surface area contributed by atoms with E-state index < -0.39 is 36.6 Å². The van der Waals surface area contributed by atoms with Crippen LogP contribution >= 0.6 is 0 Å². The first-order valence-electron chi connectivity index (χ1n) is 9.82. The van der Waals surface area contributed by atoms with Crippen molar-refractivity contribution in [3.05, 3.63) is 48.3 Å². The molecule has 0 spiro atoms. The van der Waals surface area contributed by atoms with Gasteiger partial charge in [-0.25, -0.2) is 14.4 Å². The summed E-state index contributed by atoms with van der Waals surface area (Å²) in [5, 5.41) is 19.1. The SMILES string of the molecule is Nc1ncc(-c2cc(-c3cnn(CC(F)(F)F)c3)ccc2F)nc1C(=O)N[C@@H]1CNC[C@H]1O. The van der Waals surface area contributed by atoms with Crippen molar-refractivity contribution in [2.45, 2.75) is 24.9 Å². The number of halogens is 4. The molecule has 1 saturated heterocycles. The van der Waals surface area contributed by atoms with Crippen LogP contribution in [0.3, 0.4) is 0 Å². The van der Waals surface area contributed by atoms with Gasteiger partial charge >= 0.3 is 6.18 Å². The Hall–Kier alpha value is -3.58. The number of benzene rings is 1. The van der Waals surface area contributed by atoms with E-state index >= 15 is 0 Å². The Morgan fingerprint density at radius 2 is 2.06 bits per heavy atom. The lowest BCUT2D eigenvalue weighted by Gasteiger charge is -2.16. The molecule has 9 nitrogen and oxygen atoms in total. The molecule has 1 fully saturated rings. The van der Waals surface area contributed by atoms with Crippen molar-refractivity contribution in [1.29, 1.82) is 0 Å². The Morgan fingerprint density at radius 3 is 2.76 bits per heavy atom. The van der Waals surface area contributed by atoms with Gasteiger partial charge in [0.2, 0.25) is 0 Å². The van der Waals surface area contributed by atoms with Crippen molar-refractivity contribution in [3.8, 4) is 22.4 Å². The van der Waals surface area contributed by atoms with Gasteiger partial charge in [-0.2, -0.15) is 18.3 Å². The van der Waals surface area contributed by atoms with Crippen LogP contribution in [0.2, 0.25) is 0 Å². The number of aromatic nitrogens is 4. The molecule has 0 saturated carbocycles. The van der Waals surface area contributed by atoms with Crippen molar-refractivity contribution in [3.63, 3.8) is 0 Å². The van der Waals surface area contributed by atoms with E-state index in [0.717, 1.165) is 10.7 Å². The third-order valence-electron chi connectivity index (χ3n) is 5.06. The maximum atomic E-state index is 14.6.